The number of nitrogens with two attached hydrogens (primary N) is 1. The van der Waals surface area contributed by atoms with E-state index in [2.05, 4.69) is 5.10 Å². The Morgan fingerprint density at radius 2 is 1.86 bits per heavy atom. The van der Waals surface area contributed by atoms with Gasteiger partial charge in [0.1, 0.15) is 11.6 Å². The summed E-state index contributed by atoms with van der Waals surface area (Å²) in [6.45, 7) is 5.32. The lowest BCUT2D eigenvalue weighted by Crippen LogP contribution is -2.40. The zero-order valence-corrected chi connectivity index (χ0v) is 16.7. The highest BCUT2D eigenvalue weighted by atomic mass is 16.5. The summed E-state index contributed by atoms with van der Waals surface area (Å²) in [5.41, 5.74) is 7.44. The first-order valence-electron chi connectivity index (χ1n) is 9.70. The van der Waals surface area contributed by atoms with Crippen LogP contribution in [-0.4, -0.2) is 46.6 Å². The second-order valence-corrected chi connectivity index (χ2v) is 7.67. The number of nitrogen functional groups attached to an aromatic ring is 1. The van der Waals surface area contributed by atoms with Crippen molar-refractivity contribution in [1.29, 1.82) is 0 Å². The van der Waals surface area contributed by atoms with E-state index < -0.39 is 0 Å². The number of benzene rings is 1. The fraction of sp³-hybridized carbons (Fsp3) is 0.476. The zero-order valence-electron chi connectivity index (χ0n) is 16.7. The van der Waals surface area contributed by atoms with Crippen LogP contribution < -0.4 is 10.5 Å². The van der Waals surface area contributed by atoms with Crippen LogP contribution in [0.2, 0.25) is 0 Å². The van der Waals surface area contributed by atoms with E-state index in [0.29, 0.717) is 49.7 Å². The molecule has 7 nitrogen and oxygen atoms in total. The lowest BCUT2D eigenvalue weighted by Gasteiger charge is -2.31. The molecule has 0 spiro atoms. The van der Waals surface area contributed by atoms with Gasteiger partial charge in [-0.25, -0.2) is 4.68 Å². The number of anilines is 1. The summed E-state index contributed by atoms with van der Waals surface area (Å²) in [6.07, 6.45) is 3.42. The van der Waals surface area contributed by atoms with E-state index in [1.54, 1.807) is 11.8 Å². The standard InChI is InChI=1S/C21H28N4O3/c1-14(2)12-19(26)24-10-8-15(9-11-24)20(27)18-13-23-25(21(18)22)16-4-6-17(28-3)7-5-16/h4-7,13-15H,8-12,22H2,1-3H3. The Kier molecular flexibility index (Phi) is 6.02. The van der Waals surface area contributed by atoms with Crippen LogP contribution in [0.1, 0.15) is 43.5 Å². The number of piperidine rings is 1. The maximum Gasteiger partial charge on any atom is 0.222 e. The Balaban J connectivity index is 1.67. The minimum atomic E-state index is -0.126. The minimum absolute atomic E-state index is 0.00761. The average molecular weight is 384 g/mol. The number of methoxy groups -OCH3 is 1. The van der Waals surface area contributed by atoms with Crippen molar-refractivity contribution in [2.24, 2.45) is 11.8 Å². The third-order valence-corrected chi connectivity index (χ3v) is 5.19. The summed E-state index contributed by atoms with van der Waals surface area (Å²) in [7, 11) is 1.61. The van der Waals surface area contributed by atoms with Gasteiger partial charge in [0.05, 0.1) is 24.6 Å². The quantitative estimate of drug-likeness (QED) is 0.774. The van der Waals surface area contributed by atoms with Crippen LogP contribution in [0.5, 0.6) is 5.75 Å². The predicted octanol–water partition coefficient (Wildman–Crippen LogP) is 2.93. The van der Waals surface area contributed by atoms with Crippen LogP contribution in [0.15, 0.2) is 30.5 Å². The van der Waals surface area contributed by atoms with Crippen LogP contribution >= 0.6 is 0 Å². The molecule has 1 saturated heterocycles. The highest BCUT2D eigenvalue weighted by Gasteiger charge is 2.30. The normalized spacial score (nSPS) is 15.1. The molecule has 1 aromatic heterocycles. The van der Waals surface area contributed by atoms with E-state index in [-0.39, 0.29) is 17.6 Å². The van der Waals surface area contributed by atoms with E-state index in [1.807, 2.05) is 43.0 Å². The molecule has 0 radical (unpaired) electrons. The summed E-state index contributed by atoms with van der Waals surface area (Å²) in [6, 6.07) is 7.33. The fourth-order valence-electron chi connectivity index (χ4n) is 3.57. The van der Waals surface area contributed by atoms with Crippen molar-refractivity contribution >= 4 is 17.5 Å². The van der Waals surface area contributed by atoms with Crippen LogP contribution in [0.4, 0.5) is 5.82 Å². The van der Waals surface area contributed by atoms with E-state index in [4.69, 9.17) is 10.5 Å². The molecular formula is C21H28N4O3. The molecule has 7 heteroatoms. The number of Topliss-reactive ketones (excluding diaryl/α,β-unsaturated/α-hetero) is 1. The molecule has 0 atom stereocenters. The molecular weight excluding hydrogens is 356 g/mol. The van der Waals surface area contributed by atoms with Crippen molar-refractivity contribution < 1.29 is 14.3 Å². The van der Waals surface area contributed by atoms with Gasteiger partial charge < -0.3 is 15.4 Å². The van der Waals surface area contributed by atoms with Crippen molar-refractivity contribution in [3.05, 3.63) is 36.0 Å². The number of carbonyl (C=O) groups excluding carboxylic acids is 2. The third-order valence-electron chi connectivity index (χ3n) is 5.19. The number of aromatic nitrogens is 2. The number of likely N-dealkylation sites (tertiary alicyclic amines) is 1. The molecule has 2 N–H and O–H groups in total. The van der Waals surface area contributed by atoms with Gasteiger partial charge in [-0.15, -0.1) is 0 Å². The number of ketones is 1. The Bertz CT molecular complexity index is 834. The van der Waals surface area contributed by atoms with Gasteiger partial charge in [-0.2, -0.15) is 5.10 Å². The number of ether oxygens (including phenoxy) is 1. The molecule has 0 bridgehead atoms. The highest BCUT2D eigenvalue weighted by Crippen LogP contribution is 2.27. The topological polar surface area (TPSA) is 90.5 Å². The van der Waals surface area contributed by atoms with Gasteiger partial charge in [-0.05, 0) is 43.0 Å². The molecule has 2 aromatic rings. The summed E-state index contributed by atoms with van der Waals surface area (Å²) >= 11 is 0. The summed E-state index contributed by atoms with van der Waals surface area (Å²) in [5, 5.41) is 4.30. The van der Waals surface area contributed by atoms with Crippen LogP contribution in [0, 0.1) is 11.8 Å². The van der Waals surface area contributed by atoms with Gasteiger partial charge in [0.25, 0.3) is 0 Å². The first-order valence-corrected chi connectivity index (χ1v) is 9.70. The number of hydrogen-bond donors (Lipinski definition) is 1. The maximum absolute atomic E-state index is 13.0. The number of hydrogen-bond acceptors (Lipinski definition) is 5. The smallest absolute Gasteiger partial charge is 0.222 e. The Labute approximate surface area is 165 Å². The SMILES string of the molecule is COc1ccc(-n2ncc(C(=O)C3CCN(C(=O)CC(C)C)CC3)c2N)cc1. The van der Waals surface area contributed by atoms with Gasteiger partial charge in [-0.1, -0.05) is 13.8 Å². The highest BCUT2D eigenvalue weighted by molar-refractivity contribution is 6.01. The van der Waals surface area contributed by atoms with E-state index in [1.165, 1.54) is 6.20 Å². The molecule has 3 rings (SSSR count). The second-order valence-electron chi connectivity index (χ2n) is 7.67. The van der Waals surface area contributed by atoms with Crippen LogP contribution in [0.25, 0.3) is 5.69 Å². The Morgan fingerprint density at radius 1 is 1.21 bits per heavy atom. The molecule has 1 aliphatic rings. The fourth-order valence-corrected chi connectivity index (χ4v) is 3.57. The second kappa shape index (κ2) is 8.46. The van der Waals surface area contributed by atoms with E-state index in [0.717, 1.165) is 11.4 Å². The summed E-state index contributed by atoms with van der Waals surface area (Å²) < 4.78 is 6.73. The number of rotatable bonds is 6. The lowest BCUT2D eigenvalue weighted by molar-refractivity contribution is -0.133. The van der Waals surface area contributed by atoms with Crippen molar-refractivity contribution in [3.63, 3.8) is 0 Å². The molecule has 2 heterocycles. The molecule has 0 saturated carbocycles. The number of carbonyl (C=O) groups is 2. The van der Waals surface area contributed by atoms with Crippen molar-refractivity contribution in [3.8, 4) is 11.4 Å². The monoisotopic (exact) mass is 384 g/mol. The molecule has 150 valence electrons. The van der Waals surface area contributed by atoms with Gasteiger partial charge >= 0.3 is 0 Å². The third kappa shape index (κ3) is 4.18. The molecule has 1 aromatic carbocycles. The Morgan fingerprint density at radius 3 is 2.43 bits per heavy atom. The number of nitrogens with zero attached hydrogens (tertiary/aromatic N) is 3. The maximum atomic E-state index is 13.0. The molecule has 1 amide bonds. The molecule has 1 fully saturated rings. The van der Waals surface area contributed by atoms with Crippen molar-refractivity contribution in [2.45, 2.75) is 33.1 Å². The molecule has 1 aliphatic heterocycles. The molecule has 0 unspecified atom stereocenters. The van der Waals surface area contributed by atoms with Crippen molar-refractivity contribution in [1.82, 2.24) is 14.7 Å². The summed E-state index contributed by atoms with van der Waals surface area (Å²) in [5.74, 6) is 1.48. The molecule has 0 aliphatic carbocycles. The van der Waals surface area contributed by atoms with Gasteiger partial charge in [0, 0.05) is 25.4 Å². The first-order chi connectivity index (χ1) is 13.4. The predicted molar refractivity (Wildman–Crippen MR) is 108 cm³/mol. The van der Waals surface area contributed by atoms with Crippen LogP contribution in [0.3, 0.4) is 0 Å². The van der Waals surface area contributed by atoms with Gasteiger partial charge in [0.2, 0.25) is 5.91 Å². The first kappa shape index (κ1) is 19.9. The van der Waals surface area contributed by atoms with Crippen LogP contribution in [-0.2, 0) is 4.79 Å². The van der Waals surface area contributed by atoms with E-state index >= 15 is 0 Å². The Hall–Kier alpha value is -2.83. The zero-order chi connectivity index (χ0) is 20.3. The number of amides is 1. The van der Waals surface area contributed by atoms with E-state index in [9.17, 15) is 9.59 Å². The summed E-state index contributed by atoms with van der Waals surface area (Å²) in [4.78, 5) is 27.0. The van der Waals surface area contributed by atoms with Gasteiger partial charge in [0.15, 0.2) is 5.78 Å². The van der Waals surface area contributed by atoms with Crippen molar-refractivity contribution in [2.75, 3.05) is 25.9 Å². The van der Waals surface area contributed by atoms with Gasteiger partial charge in [-0.3, -0.25) is 9.59 Å². The molecule has 28 heavy (non-hydrogen) atoms. The average Bonchev–Trinajstić information content (AvgIpc) is 3.08. The largest absolute Gasteiger partial charge is 0.497 e. The lowest BCUT2D eigenvalue weighted by atomic mass is 9.89. The minimum Gasteiger partial charge on any atom is -0.497 e.